The van der Waals surface area contributed by atoms with Crippen molar-refractivity contribution in [2.45, 2.75) is 38.1 Å². The monoisotopic (exact) mass is 426 g/mol. The van der Waals surface area contributed by atoms with E-state index in [1.165, 1.54) is 28.6 Å². The molecule has 0 saturated carbocycles. The zero-order valence-electron chi connectivity index (χ0n) is 17.3. The Balaban J connectivity index is 1.80. The van der Waals surface area contributed by atoms with Gasteiger partial charge in [-0.3, -0.25) is 9.10 Å². The second-order valence-corrected chi connectivity index (χ2v) is 8.76. The number of carbonyl (C=O) groups is 1. The van der Waals surface area contributed by atoms with Crippen molar-refractivity contribution in [2.75, 3.05) is 16.2 Å². The van der Waals surface area contributed by atoms with Gasteiger partial charge in [-0.2, -0.15) is 5.10 Å². The van der Waals surface area contributed by atoms with Crippen LogP contribution in [-0.4, -0.2) is 30.7 Å². The number of anilines is 2. The predicted octanol–water partition coefficient (Wildman–Crippen LogP) is 4.32. The lowest BCUT2D eigenvalue weighted by Crippen LogP contribution is -2.30. The Hall–Kier alpha value is -3.13. The average Bonchev–Trinajstić information content (AvgIpc) is 3.22. The maximum Gasteiger partial charge on any atom is 0.264 e. The van der Waals surface area contributed by atoms with E-state index in [1.807, 2.05) is 19.9 Å². The van der Waals surface area contributed by atoms with Gasteiger partial charge in [-0.1, -0.05) is 25.1 Å². The van der Waals surface area contributed by atoms with E-state index in [0.29, 0.717) is 23.6 Å². The van der Waals surface area contributed by atoms with Crippen LogP contribution in [0.15, 0.2) is 71.8 Å². The Bertz CT molecular complexity index is 1090. The highest BCUT2D eigenvalue weighted by molar-refractivity contribution is 7.92. The van der Waals surface area contributed by atoms with Gasteiger partial charge < -0.3 is 5.32 Å². The van der Waals surface area contributed by atoms with Crippen molar-refractivity contribution < 1.29 is 13.2 Å². The summed E-state index contributed by atoms with van der Waals surface area (Å²) in [5, 5.41) is 7.10. The van der Waals surface area contributed by atoms with E-state index < -0.39 is 10.0 Å². The number of aromatic nitrogens is 2. The highest BCUT2D eigenvalue weighted by Crippen LogP contribution is 2.24. The quantitative estimate of drug-likeness (QED) is 0.581. The van der Waals surface area contributed by atoms with Crippen LogP contribution in [0.3, 0.4) is 0 Å². The van der Waals surface area contributed by atoms with Crippen LogP contribution in [0.5, 0.6) is 0 Å². The summed E-state index contributed by atoms with van der Waals surface area (Å²) < 4.78 is 29.2. The molecule has 0 aliphatic rings. The smallest absolute Gasteiger partial charge is 0.264 e. The first kappa shape index (κ1) is 21.6. The van der Waals surface area contributed by atoms with Gasteiger partial charge in [0.2, 0.25) is 0 Å². The van der Waals surface area contributed by atoms with E-state index in [0.717, 1.165) is 6.42 Å². The van der Waals surface area contributed by atoms with Crippen LogP contribution in [0.2, 0.25) is 0 Å². The fourth-order valence-corrected chi connectivity index (χ4v) is 4.59. The molecule has 0 aliphatic heterocycles. The van der Waals surface area contributed by atoms with Gasteiger partial charge in [0.25, 0.3) is 15.9 Å². The molecule has 0 aliphatic carbocycles. The molecule has 1 atom stereocenters. The third kappa shape index (κ3) is 4.38. The molecule has 1 N–H and O–H groups in total. The number of nitrogens with zero attached hydrogens (tertiary/aromatic N) is 3. The molecule has 0 radical (unpaired) electrons. The molecule has 0 fully saturated rings. The first-order valence-electron chi connectivity index (χ1n) is 9.91. The molecule has 30 heavy (non-hydrogen) atoms. The van der Waals surface area contributed by atoms with Gasteiger partial charge in [-0.25, -0.2) is 13.1 Å². The molecule has 3 rings (SSSR count). The first-order chi connectivity index (χ1) is 14.4. The maximum atomic E-state index is 13.1. The molecule has 0 spiro atoms. The minimum absolute atomic E-state index is 0.134. The van der Waals surface area contributed by atoms with Crippen molar-refractivity contribution in [3.63, 3.8) is 0 Å². The van der Waals surface area contributed by atoms with Crippen LogP contribution in [0.4, 0.5) is 11.5 Å². The minimum Gasteiger partial charge on any atom is -0.307 e. The van der Waals surface area contributed by atoms with Crippen molar-refractivity contribution >= 4 is 27.4 Å². The number of hydrogen-bond acceptors (Lipinski definition) is 4. The Morgan fingerprint density at radius 3 is 2.33 bits per heavy atom. The highest BCUT2D eigenvalue weighted by atomic mass is 32.2. The van der Waals surface area contributed by atoms with E-state index in [4.69, 9.17) is 0 Å². The molecule has 0 saturated heterocycles. The number of benzene rings is 2. The second kappa shape index (κ2) is 9.13. The number of sulfonamides is 1. The summed E-state index contributed by atoms with van der Waals surface area (Å²) in [6.07, 6.45) is 2.52. The molecule has 8 heteroatoms. The molecule has 7 nitrogen and oxygen atoms in total. The Morgan fingerprint density at radius 2 is 1.73 bits per heavy atom. The van der Waals surface area contributed by atoms with Gasteiger partial charge >= 0.3 is 0 Å². The van der Waals surface area contributed by atoms with Crippen LogP contribution >= 0.6 is 0 Å². The van der Waals surface area contributed by atoms with E-state index >= 15 is 0 Å². The molecule has 1 heterocycles. The van der Waals surface area contributed by atoms with Crippen molar-refractivity contribution in [1.82, 2.24) is 9.78 Å². The standard InChI is InChI=1S/C22H26N4O3S/c1-4-17(3)26-21(15-16-23-26)24-22(27)18-11-13-20(14-12-18)30(28,29)25(5-2)19-9-7-6-8-10-19/h6-17H,4-5H2,1-3H3,(H,24,27). The Morgan fingerprint density at radius 1 is 1.07 bits per heavy atom. The number of nitrogens with one attached hydrogen (secondary N) is 1. The van der Waals surface area contributed by atoms with Gasteiger partial charge in [0.15, 0.2) is 0 Å². The molecule has 1 unspecified atom stereocenters. The van der Waals surface area contributed by atoms with Gasteiger partial charge in [0.1, 0.15) is 5.82 Å². The van der Waals surface area contributed by atoms with Crippen LogP contribution in [0, 0.1) is 0 Å². The minimum atomic E-state index is -3.73. The lowest BCUT2D eigenvalue weighted by molar-refractivity contribution is 0.102. The van der Waals surface area contributed by atoms with Crippen molar-refractivity contribution in [3.05, 3.63) is 72.4 Å². The third-order valence-corrected chi connectivity index (χ3v) is 6.87. The van der Waals surface area contributed by atoms with Gasteiger partial charge in [0, 0.05) is 18.2 Å². The number of hydrogen-bond donors (Lipinski definition) is 1. The van der Waals surface area contributed by atoms with Crippen LogP contribution in [-0.2, 0) is 10.0 Å². The number of para-hydroxylation sites is 1. The molecular weight excluding hydrogens is 400 g/mol. The SMILES string of the molecule is CCC(C)n1nccc1NC(=O)c1ccc(S(=O)(=O)N(CC)c2ccccc2)cc1. The summed E-state index contributed by atoms with van der Waals surface area (Å²) in [7, 11) is -3.73. The fraction of sp³-hybridized carbons (Fsp3) is 0.273. The van der Waals surface area contributed by atoms with Crippen LogP contribution < -0.4 is 9.62 Å². The lowest BCUT2D eigenvalue weighted by atomic mass is 10.2. The number of amides is 1. The van der Waals surface area contributed by atoms with Crippen molar-refractivity contribution in [3.8, 4) is 0 Å². The molecule has 1 amide bonds. The Kier molecular flexibility index (Phi) is 6.56. The summed E-state index contributed by atoms with van der Waals surface area (Å²) in [6, 6.07) is 16.8. The fourth-order valence-electron chi connectivity index (χ4n) is 3.12. The van der Waals surface area contributed by atoms with Crippen LogP contribution in [0.25, 0.3) is 0 Å². The van der Waals surface area contributed by atoms with Gasteiger partial charge in [-0.15, -0.1) is 0 Å². The maximum absolute atomic E-state index is 13.1. The molecule has 158 valence electrons. The summed E-state index contributed by atoms with van der Waals surface area (Å²) in [6.45, 7) is 6.15. The largest absolute Gasteiger partial charge is 0.307 e. The highest BCUT2D eigenvalue weighted by Gasteiger charge is 2.24. The van der Waals surface area contributed by atoms with Gasteiger partial charge in [-0.05, 0) is 56.7 Å². The normalized spacial score (nSPS) is 12.4. The second-order valence-electron chi connectivity index (χ2n) is 6.90. The zero-order valence-corrected chi connectivity index (χ0v) is 18.1. The van der Waals surface area contributed by atoms with Crippen LogP contribution in [0.1, 0.15) is 43.6 Å². The van der Waals surface area contributed by atoms with E-state index in [1.54, 1.807) is 48.1 Å². The summed E-state index contributed by atoms with van der Waals surface area (Å²) in [5.74, 6) is 0.284. The van der Waals surface area contributed by atoms with Crippen molar-refractivity contribution in [1.29, 1.82) is 0 Å². The molecule has 1 aromatic heterocycles. The van der Waals surface area contributed by atoms with E-state index in [2.05, 4.69) is 10.4 Å². The summed E-state index contributed by atoms with van der Waals surface area (Å²) in [4.78, 5) is 12.8. The molecule has 0 bridgehead atoms. The number of rotatable bonds is 8. The zero-order chi connectivity index (χ0) is 21.7. The lowest BCUT2D eigenvalue weighted by Gasteiger charge is -2.23. The van der Waals surface area contributed by atoms with E-state index in [9.17, 15) is 13.2 Å². The number of carbonyl (C=O) groups excluding carboxylic acids is 1. The Labute approximate surface area is 177 Å². The summed E-state index contributed by atoms with van der Waals surface area (Å²) >= 11 is 0. The van der Waals surface area contributed by atoms with E-state index in [-0.39, 0.29) is 16.8 Å². The average molecular weight is 427 g/mol. The summed E-state index contributed by atoms with van der Waals surface area (Å²) in [5.41, 5.74) is 0.966. The molecular formula is C22H26N4O3S. The van der Waals surface area contributed by atoms with Gasteiger partial charge in [0.05, 0.1) is 22.8 Å². The predicted molar refractivity (Wildman–Crippen MR) is 118 cm³/mol. The molecule has 3 aromatic rings. The van der Waals surface area contributed by atoms with Crippen molar-refractivity contribution in [2.24, 2.45) is 0 Å². The molecule has 2 aromatic carbocycles. The third-order valence-electron chi connectivity index (χ3n) is 4.96. The first-order valence-corrected chi connectivity index (χ1v) is 11.3. The topological polar surface area (TPSA) is 84.3 Å².